The van der Waals surface area contributed by atoms with Gasteiger partial charge in [-0.15, -0.1) is 0 Å². The van der Waals surface area contributed by atoms with Crippen molar-refractivity contribution < 1.29 is 4.74 Å². The molecular formula is C80H62N4O. The summed E-state index contributed by atoms with van der Waals surface area (Å²) < 4.78 is 9.63. The van der Waals surface area contributed by atoms with E-state index in [0.29, 0.717) is 6.67 Å². The van der Waals surface area contributed by atoms with Crippen molar-refractivity contribution in [1.29, 1.82) is 0 Å². The molecule has 0 radical (unpaired) electrons. The van der Waals surface area contributed by atoms with Crippen molar-refractivity contribution in [1.82, 2.24) is 9.38 Å². The fourth-order valence-electron chi connectivity index (χ4n) is 13.8. The van der Waals surface area contributed by atoms with Gasteiger partial charge in [0.05, 0.1) is 33.8 Å². The molecule has 0 amide bonds. The van der Waals surface area contributed by atoms with Crippen molar-refractivity contribution in [3.8, 4) is 67.1 Å². The smallest absolute Gasteiger partial charge is 0.145 e. The normalized spacial score (nSPS) is 13.0. The number of anilines is 4. The van der Waals surface area contributed by atoms with E-state index in [1.54, 1.807) is 0 Å². The lowest BCUT2D eigenvalue weighted by Crippen LogP contribution is -2.25. The Bertz CT molecular complexity index is 5010. The highest BCUT2D eigenvalue weighted by Crippen LogP contribution is 2.58. The number of fused-ring (bicyclic) bond motifs is 15. The maximum atomic E-state index is 7.23. The van der Waals surface area contributed by atoms with Crippen LogP contribution in [0.5, 0.6) is 11.5 Å². The topological polar surface area (TPSA) is 33.0 Å². The molecule has 16 rings (SSSR count). The summed E-state index contributed by atoms with van der Waals surface area (Å²) in [5.74, 6) is 1.49. The van der Waals surface area contributed by atoms with E-state index in [9.17, 15) is 0 Å². The van der Waals surface area contributed by atoms with Gasteiger partial charge in [-0.25, -0.2) is 4.98 Å². The second kappa shape index (κ2) is 19.2. The standard InChI is InChI=1S/C80H62N4O/c1-79(2,3)53-44-52(45-54(46-53)80(4,5)6)57-30-17-33-66-69-35-19-34-68-64-42-40-56(48-73(64)84(76(68)69)78-70(37-21-43-81-78)62-28-15-16-29-65(62)74(57)66)85-55-39-41-63-60-26-13-14-27-61(60)67-36-20-38-71-77(67)83(72(63)47-55)49-82(71)75-58(50-22-9-7-10-23-50)31-18-32-59(75)51-24-11-8-12-25-51/h7-48H,49H2,1-6H3. The SMILES string of the molecule is CC(C)(C)c1cc(-c2cccc3c4cccc5c6ccc(Oc7ccc8c(c7)N7CN(c9c(-c%10ccccc%10)cccc9-c9ccccc9)c9cccc(c97)-c7ccccc7-8)cc6n(c6ncccc6c6ccccc6c23)c45)cc(C(C)(C)C)c1. The number of hydrogen-bond donors (Lipinski definition) is 0. The van der Waals surface area contributed by atoms with Crippen molar-refractivity contribution in [2.24, 2.45) is 0 Å². The van der Waals surface area contributed by atoms with Gasteiger partial charge in [-0.3, -0.25) is 4.40 Å². The van der Waals surface area contributed by atoms with Gasteiger partial charge in [-0.2, -0.15) is 0 Å². The summed E-state index contributed by atoms with van der Waals surface area (Å²) in [6, 6.07) is 91.5. The Balaban J connectivity index is 0.893. The zero-order valence-corrected chi connectivity index (χ0v) is 48.7. The van der Waals surface area contributed by atoms with Crippen molar-refractivity contribution in [3.63, 3.8) is 0 Å². The largest absolute Gasteiger partial charge is 0.457 e. The fourth-order valence-corrected chi connectivity index (χ4v) is 13.8. The molecule has 0 saturated heterocycles. The zero-order valence-electron chi connectivity index (χ0n) is 48.7. The maximum absolute atomic E-state index is 7.23. The van der Waals surface area contributed by atoms with E-state index in [2.05, 4.69) is 304 Å². The molecule has 5 heterocycles. The van der Waals surface area contributed by atoms with Crippen LogP contribution in [0.15, 0.2) is 255 Å². The van der Waals surface area contributed by atoms with Crippen molar-refractivity contribution in [2.75, 3.05) is 16.5 Å². The molecule has 5 heteroatoms. The fraction of sp³-hybridized carbons (Fsp3) is 0.113. The van der Waals surface area contributed by atoms with Crippen molar-refractivity contribution >= 4 is 82.5 Å². The average molecular weight is 1100 g/mol. The Morgan fingerprint density at radius 3 is 1.59 bits per heavy atom. The Hall–Kier alpha value is -10.2. The molecule has 5 nitrogen and oxygen atoms in total. The highest BCUT2D eigenvalue weighted by molar-refractivity contribution is 6.27. The molecule has 3 aromatic heterocycles. The molecule has 11 aromatic carbocycles. The predicted octanol–water partition coefficient (Wildman–Crippen LogP) is 21.9. The molecule has 0 unspecified atom stereocenters. The Kier molecular flexibility index (Phi) is 11.4. The van der Waals surface area contributed by atoms with Crippen LogP contribution in [0.4, 0.5) is 22.7 Å². The van der Waals surface area contributed by atoms with E-state index in [1.165, 1.54) is 88.7 Å². The van der Waals surface area contributed by atoms with Crippen LogP contribution in [-0.2, 0) is 10.8 Å². The van der Waals surface area contributed by atoms with Crippen LogP contribution >= 0.6 is 0 Å². The highest BCUT2D eigenvalue weighted by atomic mass is 16.5. The van der Waals surface area contributed by atoms with Gasteiger partial charge in [0.2, 0.25) is 0 Å². The number of benzene rings is 11. The molecular weight excluding hydrogens is 1030 g/mol. The lowest BCUT2D eigenvalue weighted by atomic mass is 9.78. The van der Waals surface area contributed by atoms with E-state index in [0.717, 1.165) is 72.0 Å². The van der Waals surface area contributed by atoms with Crippen LogP contribution in [0, 0.1) is 0 Å². The summed E-state index contributed by atoms with van der Waals surface area (Å²) in [6.07, 6.45) is 1.93. The number of pyridine rings is 1. The molecule has 0 spiro atoms. The monoisotopic (exact) mass is 1090 g/mol. The number of ether oxygens (including phenoxy) is 1. The molecule has 0 saturated carbocycles. The molecule has 2 aliphatic heterocycles. The van der Waals surface area contributed by atoms with Crippen molar-refractivity contribution in [2.45, 2.75) is 52.4 Å². The summed E-state index contributed by atoms with van der Waals surface area (Å²) in [7, 11) is 0. The number of hydrogen-bond acceptors (Lipinski definition) is 4. The second-order valence-corrected chi connectivity index (χ2v) is 25.1. The Morgan fingerprint density at radius 1 is 0.353 bits per heavy atom. The molecule has 408 valence electrons. The molecule has 0 fully saturated rings. The summed E-state index contributed by atoms with van der Waals surface area (Å²) in [6.45, 7) is 14.5. The third-order valence-corrected chi connectivity index (χ3v) is 17.9. The molecule has 0 N–H and O–H groups in total. The van der Waals surface area contributed by atoms with Gasteiger partial charge in [0.1, 0.15) is 23.8 Å². The van der Waals surface area contributed by atoms with Gasteiger partial charge in [0.25, 0.3) is 0 Å². The first-order chi connectivity index (χ1) is 41.4. The van der Waals surface area contributed by atoms with E-state index < -0.39 is 0 Å². The predicted molar refractivity (Wildman–Crippen MR) is 358 cm³/mol. The van der Waals surface area contributed by atoms with Crippen LogP contribution in [-0.4, -0.2) is 16.1 Å². The third-order valence-electron chi connectivity index (χ3n) is 17.9. The van der Waals surface area contributed by atoms with Gasteiger partial charge >= 0.3 is 0 Å². The minimum atomic E-state index is -0.0456. The van der Waals surface area contributed by atoms with Gasteiger partial charge in [0.15, 0.2) is 0 Å². The van der Waals surface area contributed by atoms with Crippen LogP contribution in [0.25, 0.3) is 115 Å². The zero-order chi connectivity index (χ0) is 57.3. The molecule has 14 aromatic rings. The summed E-state index contributed by atoms with van der Waals surface area (Å²) in [5.41, 5.74) is 22.1. The number of rotatable bonds is 6. The molecule has 85 heavy (non-hydrogen) atoms. The van der Waals surface area contributed by atoms with Crippen LogP contribution in [0.2, 0.25) is 0 Å². The van der Waals surface area contributed by atoms with Gasteiger partial charge in [-0.05, 0) is 119 Å². The van der Waals surface area contributed by atoms with Crippen LogP contribution in [0.1, 0.15) is 52.7 Å². The van der Waals surface area contributed by atoms with Crippen LogP contribution in [0.3, 0.4) is 0 Å². The Labute approximate surface area is 496 Å². The molecule has 0 atom stereocenters. The first-order valence-electron chi connectivity index (χ1n) is 29.7. The minimum absolute atomic E-state index is 0.0456. The van der Waals surface area contributed by atoms with Gasteiger partial charge in [-0.1, -0.05) is 236 Å². The lowest BCUT2D eigenvalue weighted by Gasteiger charge is -2.28. The van der Waals surface area contributed by atoms with E-state index in [1.807, 2.05) is 6.20 Å². The van der Waals surface area contributed by atoms with Gasteiger partial charge in [0, 0.05) is 62.1 Å². The number of para-hydroxylation sites is 3. The third kappa shape index (κ3) is 8.09. The van der Waals surface area contributed by atoms with Crippen molar-refractivity contribution in [3.05, 3.63) is 266 Å². The molecule has 0 aliphatic carbocycles. The van der Waals surface area contributed by atoms with Gasteiger partial charge < -0.3 is 14.5 Å². The molecule has 0 bridgehead atoms. The minimum Gasteiger partial charge on any atom is -0.457 e. The average Bonchev–Trinajstić information content (AvgIpc) is 1.99. The summed E-state index contributed by atoms with van der Waals surface area (Å²) >= 11 is 0. The first-order valence-corrected chi connectivity index (χ1v) is 29.7. The number of aromatic nitrogens is 2. The summed E-state index contributed by atoms with van der Waals surface area (Å²) in [4.78, 5) is 10.4. The second-order valence-electron chi connectivity index (χ2n) is 25.1. The first kappa shape index (κ1) is 50.5. The summed E-state index contributed by atoms with van der Waals surface area (Å²) in [5, 5.41) is 9.20. The quantitative estimate of drug-likeness (QED) is 0.166. The highest BCUT2D eigenvalue weighted by Gasteiger charge is 2.37. The number of nitrogens with zero attached hydrogens (tertiary/aromatic N) is 4. The maximum Gasteiger partial charge on any atom is 0.145 e. The van der Waals surface area contributed by atoms with Crippen LogP contribution < -0.4 is 14.5 Å². The van der Waals surface area contributed by atoms with E-state index in [-0.39, 0.29) is 10.8 Å². The lowest BCUT2D eigenvalue weighted by molar-refractivity contribution is 0.483. The molecule has 2 aliphatic rings. The van der Waals surface area contributed by atoms with E-state index in [4.69, 9.17) is 9.72 Å². The van der Waals surface area contributed by atoms with E-state index >= 15 is 0 Å². The Morgan fingerprint density at radius 2 is 0.871 bits per heavy atom.